The summed E-state index contributed by atoms with van der Waals surface area (Å²) in [6, 6.07) is 14.0. The summed E-state index contributed by atoms with van der Waals surface area (Å²) in [5.41, 5.74) is 1.50. The molecule has 6 heteroatoms. The fourth-order valence-corrected chi connectivity index (χ4v) is 2.38. The average molecular weight is 356 g/mol. The van der Waals surface area contributed by atoms with Crippen molar-refractivity contribution >= 4 is 23.2 Å². The molecule has 0 saturated heterocycles. The van der Waals surface area contributed by atoms with Crippen LogP contribution in [0.15, 0.2) is 48.5 Å². The van der Waals surface area contributed by atoms with E-state index in [4.69, 9.17) is 9.47 Å². The largest absolute Gasteiger partial charge is 0.497 e. The smallest absolute Gasteiger partial charge is 0.257 e. The van der Waals surface area contributed by atoms with Crippen LogP contribution in [0.4, 0.5) is 11.4 Å². The van der Waals surface area contributed by atoms with E-state index in [9.17, 15) is 9.59 Å². The average Bonchev–Trinajstić information content (AvgIpc) is 2.66. The number of benzene rings is 2. The highest BCUT2D eigenvalue weighted by Crippen LogP contribution is 2.20. The Bertz CT molecular complexity index is 746. The predicted molar refractivity (Wildman–Crippen MR) is 102 cm³/mol. The third kappa shape index (κ3) is 5.89. The van der Waals surface area contributed by atoms with Gasteiger partial charge in [0, 0.05) is 31.4 Å². The summed E-state index contributed by atoms with van der Waals surface area (Å²) in [6.45, 7) is 3.09. The normalized spacial score (nSPS) is 10.2. The number of amides is 2. The lowest BCUT2D eigenvalue weighted by molar-refractivity contribution is -0.116. The molecule has 0 unspecified atom stereocenters. The van der Waals surface area contributed by atoms with Crippen LogP contribution >= 0.6 is 0 Å². The van der Waals surface area contributed by atoms with Crippen LogP contribution in [0.5, 0.6) is 5.75 Å². The maximum atomic E-state index is 12.6. The number of para-hydroxylation sites is 1. The summed E-state index contributed by atoms with van der Waals surface area (Å²) < 4.78 is 10.4. The zero-order chi connectivity index (χ0) is 18.8. The summed E-state index contributed by atoms with van der Waals surface area (Å²) in [5, 5.41) is 5.61. The van der Waals surface area contributed by atoms with E-state index in [1.54, 1.807) is 55.6 Å². The summed E-state index contributed by atoms with van der Waals surface area (Å²) in [6.07, 6.45) is 0.976. The molecular weight excluding hydrogens is 332 g/mol. The Morgan fingerprint density at radius 1 is 1.04 bits per heavy atom. The second-order valence-electron chi connectivity index (χ2n) is 5.58. The zero-order valence-electron chi connectivity index (χ0n) is 15.1. The zero-order valence-corrected chi connectivity index (χ0v) is 15.1. The second kappa shape index (κ2) is 10.2. The van der Waals surface area contributed by atoms with E-state index in [1.165, 1.54) is 0 Å². The van der Waals surface area contributed by atoms with Crippen LogP contribution in [0, 0.1) is 0 Å². The van der Waals surface area contributed by atoms with E-state index in [0.717, 1.165) is 0 Å². The molecule has 2 rings (SSSR count). The summed E-state index contributed by atoms with van der Waals surface area (Å²) >= 11 is 0. The Morgan fingerprint density at radius 2 is 1.85 bits per heavy atom. The van der Waals surface area contributed by atoms with Gasteiger partial charge in [-0.3, -0.25) is 9.59 Å². The number of carbonyl (C=O) groups is 2. The number of carbonyl (C=O) groups excluding carboxylic acids is 2. The molecule has 0 aliphatic rings. The maximum absolute atomic E-state index is 12.6. The molecule has 0 aliphatic heterocycles. The van der Waals surface area contributed by atoms with Crippen LogP contribution < -0.4 is 15.4 Å². The number of hydrogen-bond donors (Lipinski definition) is 2. The predicted octanol–water partition coefficient (Wildman–Crippen LogP) is 3.70. The summed E-state index contributed by atoms with van der Waals surface area (Å²) in [4.78, 5) is 24.7. The molecule has 0 spiro atoms. The van der Waals surface area contributed by atoms with Crippen molar-refractivity contribution in [1.29, 1.82) is 0 Å². The van der Waals surface area contributed by atoms with Gasteiger partial charge in [0.2, 0.25) is 5.91 Å². The minimum absolute atomic E-state index is 0.147. The SMILES string of the molecule is CCOCCCC(=O)Nc1ccccc1C(=O)Nc1cccc(OC)c1. The van der Waals surface area contributed by atoms with E-state index >= 15 is 0 Å². The van der Waals surface area contributed by atoms with Gasteiger partial charge in [-0.1, -0.05) is 18.2 Å². The van der Waals surface area contributed by atoms with Crippen LogP contribution in [0.25, 0.3) is 0 Å². The van der Waals surface area contributed by atoms with Crippen LogP contribution in [-0.2, 0) is 9.53 Å². The number of rotatable bonds is 9. The summed E-state index contributed by atoms with van der Waals surface area (Å²) in [5.74, 6) is 0.202. The lowest BCUT2D eigenvalue weighted by Crippen LogP contribution is -2.18. The molecule has 138 valence electrons. The van der Waals surface area contributed by atoms with Gasteiger partial charge in [0.1, 0.15) is 5.75 Å². The third-order valence-corrected chi connectivity index (χ3v) is 3.67. The van der Waals surface area contributed by atoms with E-state index in [2.05, 4.69) is 10.6 Å². The molecule has 26 heavy (non-hydrogen) atoms. The highest BCUT2D eigenvalue weighted by Gasteiger charge is 2.13. The molecule has 2 aromatic carbocycles. The van der Waals surface area contributed by atoms with E-state index < -0.39 is 0 Å². The molecule has 0 fully saturated rings. The fourth-order valence-electron chi connectivity index (χ4n) is 2.38. The molecule has 0 atom stereocenters. The monoisotopic (exact) mass is 356 g/mol. The van der Waals surface area contributed by atoms with Crippen LogP contribution in [0.2, 0.25) is 0 Å². The van der Waals surface area contributed by atoms with Gasteiger partial charge in [-0.05, 0) is 37.6 Å². The number of methoxy groups -OCH3 is 1. The van der Waals surface area contributed by atoms with Gasteiger partial charge in [-0.2, -0.15) is 0 Å². The molecule has 0 bridgehead atoms. The molecule has 2 amide bonds. The van der Waals surface area contributed by atoms with Gasteiger partial charge in [0.05, 0.1) is 18.4 Å². The first kappa shape index (κ1) is 19.5. The number of ether oxygens (including phenoxy) is 2. The van der Waals surface area contributed by atoms with Gasteiger partial charge in [0.25, 0.3) is 5.91 Å². The van der Waals surface area contributed by atoms with Crippen molar-refractivity contribution in [3.05, 3.63) is 54.1 Å². The van der Waals surface area contributed by atoms with Crippen molar-refractivity contribution in [1.82, 2.24) is 0 Å². The second-order valence-corrected chi connectivity index (χ2v) is 5.58. The Hall–Kier alpha value is -2.86. The number of anilines is 2. The lowest BCUT2D eigenvalue weighted by Gasteiger charge is -2.12. The number of hydrogen-bond acceptors (Lipinski definition) is 4. The molecular formula is C20H24N2O4. The van der Waals surface area contributed by atoms with Crippen molar-refractivity contribution in [2.24, 2.45) is 0 Å². The van der Waals surface area contributed by atoms with Gasteiger partial charge in [-0.15, -0.1) is 0 Å². The fraction of sp³-hybridized carbons (Fsp3) is 0.300. The quantitative estimate of drug-likeness (QED) is 0.672. The standard InChI is InChI=1S/C20H24N2O4/c1-3-26-13-7-12-19(23)22-18-11-5-4-10-17(18)20(24)21-15-8-6-9-16(14-15)25-2/h4-6,8-11,14H,3,7,12-13H2,1-2H3,(H,21,24)(H,22,23). The van der Waals surface area contributed by atoms with Crippen molar-refractivity contribution in [3.63, 3.8) is 0 Å². The van der Waals surface area contributed by atoms with Gasteiger partial charge in [0.15, 0.2) is 0 Å². The van der Waals surface area contributed by atoms with Gasteiger partial charge >= 0.3 is 0 Å². The first-order valence-corrected chi connectivity index (χ1v) is 8.56. The van der Waals surface area contributed by atoms with Crippen LogP contribution in [0.1, 0.15) is 30.1 Å². The Labute approximate surface area is 153 Å². The first-order chi connectivity index (χ1) is 12.6. The van der Waals surface area contributed by atoms with Gasteiger partial charge in [-0.25, -0.2) is 0 Å². The topological polar surface area (TPSA) is 76.7 Å². The lowest BCUT2D eigenvalue weighted by atomic mass is 10.1. The molecule has 0 heterocycles. The van der Waals surface area contributed by atoms with Crippen molar-refractivity contribution in [2.45, 2.75) is 19.8 Å². The highest BCUT2D eigenvalue weighted by molar-refractivity contribution is 6.10. The maximum Gasteiger partial charge on any atom is 0.257 e. The Kier molecular flexibility index (Phi) is 7.64. The van der Waals surface area contributed by atoms with Crippen molar-refractivity contribution in [3.8, 4) is 5.75 Å². The minimum atomic E-state index is -0.302. The van der Waals surface area contributed by atoms with Gasteiger partial charge < -0.3 is 20.1 Å². The first-order valence-electron chi connectivity index (χ1n) is 8.56. The molecule has 0 radical (unpaired) electrons. The molecule has 2 aromatic rings. The van der Waals surface area contributed by atoms with E-state index in [0.29, 0.717) is 48.7 Å². The minimum Gasteiger partial charge on any atom is -0.497 e. The molecule has 0 aliphatic carbocycles. The van der Waals surface area contributed by atoms with Crippen LogP contribution in [-0.4, -0.2) is 32.1 Å². The Balaban J connectivity index is 2.02. The number of nitrogens with one attached hydrogen (secondary N) is 2. The molecule has 0 aromatic heterocycles. The Morgan fingerprint density at radius 3 is 2.62 bits per heavy atom. The van der Waals surface area contributed by atoms with E-state index in [-0.39, 0.29) is 11.8 Å². The van der Waals surface area contributed by atoms with Crippen LogP contribution in [0.3, 0.4) is 0 Å². The molecule has 6 nitrogen and oxygen atoms in total. The van der Waals surface area contributed by atoms with Crippen molar-refractivity contribution in [2.75, 3.05) is 31.0 Å². The summed E-state index contributed by atoms with van der Waals surface area (Å²) in [7, 11) is 1.57. The molecule has 2 N–H and O–H groups in total. The van der Waals surface area contributed by atoms with E-state index in [1.807, 2.05) is 6.92 Å². The van der Waals surface area contributed by atoms with Crippen molar-refractivity contribution < 1.29 is 19.1 Å². The highest BCUT2D eigenvalue weighted by atomic mass is 16.5. The third-order valence-electron chi connectivity index (χ3n) is 3.67. The molecule has 0 saturated carbocycles.